The SMILES string of the molecule is CCOc1cc(N)cc(C(=O)N2CCCC(OC)C2)c1. The number of benzene rings is 1. The molecule has 1 fully saturated rings. The van der Waals surface area contributed by atoms with Crippen LogP contribution in [-0.4, -0.2) is 43.7 Å². The second-order valence-electron chi connectivity index (χ2n) is 4.97. The number of anilines is 1. The van der Waals surface area contributed by atoms with Gasteiger partial charge in [-0.1, -0.05) is 0 Å². The topological polar surface area (TPSA) is 64.8 Å². The number of hydrogen-bond acceptors (Lipinski definition) is 4. The van der Waals surface area contributed by atoms with Crippen molar-refractivity contribution in [3.63, 3.8) is 0 Å². The highest BCUT2D eigenvalue weighted by Gasteiger charge is 2.24. The standard InChI is InChI=1S/C15H22N2O3/c1-3-20-14-8-11(7-12(16)9-14)15(18)17-6-4-5-13(10-17)19-2/h7-9,13H,3-6,10,16H2,1-2H3. The van der Waals surface area contributed by atoms with E-state index < -0.39 is 0 Å². The Morgan fingerprint density at radius 3 is 2.95 bits per heavy atom. The Bertz CT molecular complexity index is 476. The lowest BCUT2D eigenvalue weighted by Crippen LogP contribution is -2.42. The smallest absolute Gasteiger partial charge is 0.254 e. The van der Waals surface area contributed by atoms with Gasteiger partial charge in [0.25, 0.3) is 5.91 Å². The van der Waals surface area contributed by atoms with Gasteiger partial charge >= 0.3 is 0 Å². The summed E-state index contributed by atoms with van der Waals surface area (Å²) in [5, 5.41) is 0. The van der Waals surface area contributed by atoms with Gasteiger partial charge in [0.05, 0.1) is 12.7 Å². The average molecular weight is 278 g/mol. The summed E-state index contributed by atoms with van der Waals surface area (Å²) in [5.41, 5.74) is 6.95. The number of piperidine rings is 1. The van der Waals surface area contributed by atoms with Gasteiger partial charge in [0.1, 0.15) is 5.75 Å². The molecule has 2 N–H and O–H groups in total. The minimum absolute atomic E-state index is 0.0139. The molecular weight excluding hydrogens is 256 g/mol. The number of hydrogen-bond donors (Lipinski definition) is 1. The van der Waals surface area contributed by atoms with Gasteiger partial charge in [-0.15, -0.1) is 0 Å². The zero-order valence-corrected chi connectivity index (χ0v) is 12.1. The Hall–Kier alpha value is -1.75. The van der Waals surface area contributed by atoms with Crippen LogP contribution >= 0.6 is 0 Å². The van der Waals surface area contributed by atoms with E-state index in [4.69, 9.17) is 15.2 Å². The highest BCUT2D eigenvalue weighted by atomic mass is 16.5. The van der Waals surface area contributed by atoms with Crippen LogP contribution in [0.1, 0.15) is 30.1 Å². The third-order valence-electron chi connectivity index (χ3n) is 3.49. The first-order valence-electron chi connectivity index (χ1n) is 6.99. The molecule has 5 heteroatoms. The van der Waals surface area contributed by atoms with Crippen molar-refractivity contribution < 1.29 is 14.3 Å². The predicted octanol–water partition coefficient (Wildman–Crippen LogP) is 1.92. The van der Waals surface area contributed by atoms with Crippen LogP contribution in [0.3, 0.4) is 0 Å². The maximum absolute atomic E-state index is 12.5. The fourth-order valence-electron chi connectivity index (χ4n) is 2.49. The van der Waals surface area contributed by atoms with Crippen molar-refractivity contribution in [1.29, 1.82) is 0 Å². The molecule has 1 aromatic rings. The molecule has 1 atom stereocenters. The third-order valence-corrected chi connectivity index (χ3v) is 3.49. The van der Waals surface area contributed by atoms with Gasteiger partial charge in [-0.05, 0) is 31.9 Å². The lowest BCUT2D eigenvalue weighted by molar-refractivity contribution is 0.0269. The van der Waals surface area contributed by atoms with E-state index in [0.29, 0.717) is 30.2 Å². The molecule has 1 aliphatic rings. The normalized spacial score (nSPS) is 18.9. The summed E-state index contributed by atoms with van der Waals surface area (Å²) in [5.74, 6) is 0.621. The van der Waals surface area contributed by atoms with Crippen LogP contribution in [0.15, 0.2) is 18.2 Å². The van der Waals surface area contributed by atoms with E-state index in [1.165, 1.54) is 0 Å². The zero-order chi connectivity index (χ0) is 14.5. The maximum atomic E-state index is 12.5. The lowest BCUT2D eigenvalue weighted by atomic mass is 10.1. The molecule has 1 heterocycles. The fourth-order valence-corrected chi connectivity index (χ4v) is 2.49. The van der Waals surface area contributed by atoms with Gasteiger partial charge in [-0.2, -0.15) is 0 Å². The molecular formula is C15H22N2O3. The van der Waals surface area contributed by atoms with E-state index in [1.807, 2.05) is 11.8 Å². The molecule has 20 heavy (non-hydrogen) atoms. The molecule has 1 unspecified atom stereocenters. The number of ether oxygens (including phenoxy) is 2. The molecule has 0 bridgehead atoms. The van der Waals surface area contributed by atoms with Crippen molar-refractivity contribution >= 4 is 11.6 Å². The Morgan fingerprint density at radius 1 is 1.45 bits per heavy atom. The van der Waals surface area contributed by atoms with Crippen molar-refractivity contribution in [3.05, 3.63) is 23.8 Å². The monoisotopic (exact) mass is 278 g/mol. The Morgan fingerprint density at radius 2 is 2.25 bits per heavy atom. The molecule has 0 aliphatic carbocycles. The van der Waals surface area contributed by atoms with Crippen LogP contribution < -0.4 is 10.5 Å². The Balaban J connectivity index is 2.15. The molecule has 0 aromatic heterocycles. The second-order valence-corrected chi connectivity index (χ2v) is 4.97. The van der Waals surface area contributed by atoms with Gasteiger partial charge in [0.15, 0.2) is 0 Å². The first-order valence-corrected chi connectivity index (χ1v) is 6.99. The Labute approximate surface area is 119 Å². The number of carbonyl (C=O) groups is 1. The van der Waals surface area contributed by atoms with Crippen molar-refractivity contribution in [2.75, 3.05) is 32.5 Å². The molecule has 110 valence electrons. The van der Waals surface area contributed by atoms with E-state index in [0.717, 1.165) is 19.4 Å². The number of nitrogens with two attached hydrogens (primary N) is 1. The summed E-state index contributed by atoms with van der Waals surface area (Å²) in [6.07, 6.45) is 2.09. The Kier molecular flexibility index (Phi) is 4.84. The lowest BCUT2D eigenvalue weighted by Gasteiger charge is -2.32. The van der Waals surface area contributed by atoms with Gasteiger partial charge in [-0.3, -0.25) is 4.79 Å². The largest absolute Gasteiger partial charge is 0.494 e. The van der Waals surface area contributed by atoms with E-state index in [9.17, 15) is 4.79 Å². The summed E-state index contributed by atoms with van der Waals surface area (Å²) >= 11 is 0. The van der Waals surface area contributed by atoms with Gasteiger partial charge < -0.3 is 20.1 Å². The van der Waals surface area contributed by atoms with Crippen LogP contribution in [0, 0.1) is 0 Å². The van der Waals surface area contributed by atoms with Crippen LogP contribution in [0.25, 0.3) is 0 Å². The number of carbonyl (C=O) groups excluding carboxylic acids is 1. The molecule has 2 rings (SSSR count). The van der Waals surface area contributed by atoms with Crippen LogP contribution in [0.4, 0.5) is 5.69 Å². The minimum atomic E-state index is -0.0139. The molecule has 1 aromatic carbocycles. The van der Waals surface area contributed by atoms with Crippen molar-refractivity contribution in [3.8, 4) is 5.75 Å². The van der Waals surface area contributed by atoms with Crippen LogP contribution in [0.5, 0.6) is 5.75 Å². The minimum Gasteiger partial charge on any atom is -0.494 e. The quantitative estimate of drug-likeness (QED) is 0.855. The maximum Gasteiger partial charge on any atom is 0.254 e. The number of rotatable bonds is 4. The molecule has 1 amide bonds. The first-order chi connectivity index (χ1) is 9.63. The summed E-state index contributed by atoms with van der Waals surface area (Å²) in [7, 11) is 1.69. The first kappa shape index (κ1) is 14.7. The predicted molar refractivity (Wildman–Crippen MR) is 78.0 cm³/mol. The number of nitrogen functional groups attached to an aromatic ring is 1. The van der Waals surface area contributed by atoms with E-state index in [-0.39, 0.29) is 12.0 Å². The average Bonchev–Trinajstić information content (AvgIpc) is 2.46. The molecule has 0 spiro atoms. The summed E-state index contributed by atoms with van der Waals surface area (Å²) in [6, 6.07) is 5.17. The molecule has 0 saturated carbocycles. The van der Waals surface area contributed by atoms with Crippen molar-refractivity contribution in [2.24, 2.45) is 0 Å². The summed E-state index contributed by atoms with van der Waals surface area (Å²) < 4.78 is 10.8. The van der Waals surface area contributed by atoms with Crippen molar-refractivity contribution in [1.82, 2.24) is 4.90 Å². The van der Waals surface area contributed by atoms with Crippen LogP contribution in [0.2, 0.25) is 0 Å². The number of methoxy groups -OCH3 is 1. The molecule has 0 radical (unpaired) electrons. The summed E-state index contributed by atoms with van der Waals surface area (Å²) in [4.78, 5) is 14.4. The number of likely N-dealkylation sites (tertiary alicyclic amines) is 1. The van der Waals surface area contributed by atoms with Gasteiger partial charge in [0.2, 0.25) is 0 Å². The third kappa shape index (κ3) is 3.42. The van der Waals surface area contributed by atoms with E-state index in [2.05, 4.69) is 0 Å². The highest BCUT2D eigenvalue weighted by molar-refractivity contribution is 5.95. The number of nitrogens with zero attached hydrogens (tertiary/aromatic N) is 1. The zero-order valence-electron chi connectivity index (χ0n) is 12.1. The van der Waals surface area contributed by atoms with Gasteiger partial charge in [0, 0.05) is 37.5 Å². The summed E-state index contributed by atoms with van der Waals surface area (Å²) in [6.45, 7) is 3.84. The highest BCUT2D eigenvalue weighted by Crippen LogP contribution is 2.22. The van der Waals surface area contributed by atoms with Crippen LogP contribution in [-0.2, 0) is 4.74 Å². The molecule has 1 saturated heterocycles. The number of amides is 1. The molecule has 1 aliphatic heterocycles. The van der Waals surface area contributed by atoms with E-state index >= 15 is 0 Å². The van der Waals surface area contributed by atoms with Gasteiger partial charge in [-0.25, -0.2) is 0 Å². The fraction of sp³-hybridized carbons (Fsp3) is 0.533. The molecule has 5 nitrogen and oxygen atoms in total. The second kappa shape index (κ2) is 6.61. The van der Waals surface area contributed by atoms with Crippen molar-refractivity contribution in [2.45, 2.75) is 25.9 Å². The van der Waals surface area contributed by atoms with E-state index in [1.54, 1.807) is 25.3 Å².